The molecule has 36 heavy (non-hydrogen) atoms. The lowest BCUT2D eigenvalue weighted by Crippen LogP contribution is -2.27. The van der Waals surface area contributed by atoms with Crippen molar-refractivity contribution in [3.63, 3.8) is 0 Å². The number of ether oxygens (including phenoxy) is 3. The maximum absolute atomic E-state index is 6.14. The first-order chi connectivity index (χ1) is 17.3. The van der Waals surface area contributed by atoms with Gasteiger partial charge in [-0.3, -0.25) is 4.98 Å². The van der Waals surface area contributed by atoms with Gasteiger partial charge < -0.3 is 14.2 Å². The fraction of sp³-hybridized carbons (Fsp3) is 0.387. The minimum Gasteiger partial charge on any atom is -0.491 e. The zero-order valence-electron chi connectivity index (χ0n) is 22.1. The van der Waals surface area contributed by atoms with Gasteiger partial charge >= 0.3 is 0 Å². The fourth-order valence-corrected chi connectivity index (χ4v) is 3.82. The molecule has 0 spiro atoms. The third-order valence-corrected chi connectivity index (χ3v) is 7.68. The molecule has 3 unspecified atom stereocenters. The van der Waals surface area contributed by atoms with Gasteiger partial charge in [0.25, 0.3) is 0 Å². The maximum Gasteiger partial charge on any atom is 0.137 e. The van der Waals surface area contributed by atoms with E-state index in [9.17, 15) is 0 Å². The summed E-state index contributed by atoms with van der Waals surface area (Å²) in [5.41, 5.74) is 3.24. The van der Waals surface area contributed by atoms with E-state index >= 15 is 0 Å². The molecular formula is C31H40NO3P. The zero-order chi connectivity index (χ0) is 26.0. The molecule has 1 aromatic heterocycles. The van der Waals surface area contributed by atoms with Gasteiger partial charge in [0.2, 0.25) is 0 Å². The molecule has 4 nitrogen and oxygen atoms in total. The Balaban J connectivity index is 1.46. The molecule has 0 amide bonds. The maximum atomic E-state index is 6.14. The van der Waals surface area contributed by atoms with Crippen molar-refractivity contribution in [2.45, 2.75) is 64.8 Å². The number of hydrogen-bond donors (Lipinski definition) is 0. The van der Waals surface area contributed by atoms with E-state index in [1.54, 1.807) is 6.20 Å². The molecule has 5 heteroatoms. The van der Waals surface area contributed by atoms with Crippen LogP contribution in [0.3, 0.4) is 0 Å². The monoisotopic (exact) mass is 505 g/mol. The summed E-state index contributed by atoms with van der Waals surface area (Å²) >= 11 is 0. The zero-order valence-corrected chi connectivity index (χ0v) is 23.2. The Bertz CT molecular complexity index is 1060. The minimum atomic E-state index is -0.185. The van der Waals surface area contributed by atoms with Crippen molar-refractivity contribution in [2.75, 3.05) is 6.61 Å². The molecule has 2 aromatic carbocycles. The van der Waals surface area contributed by atoms with Crippen molar-refractivity contribution in [3.8, 4) is 11.5 Å². The van der Waals surface area contributed by atoms with Gasteiger partial charge in [0.05, 0.1) is 24.3 Å². The lowest BCUT2D eigenvalue weighted by atomic mass is 9.99. The second-order valence-corrected chi connectivity index (χ2v) is 10.8. The molecule has 0 aliphatic heterocycles. The third-order valence-electron chi connectivity index (χ3n) is 6.70. The molecular weight excluding hydrogens is 465 g/mol. The van der Waals surface area contributed by atoms with Crippen molar-refractivity contribution >= 4 is 9.24 Å². The molecule has 0 aliphatic carbocycles. The summed E-state index contributed by atoms with van der Waals surface area (Å²) in [6, 6.07) is 22.4. The number of pyridine rings is 1. The summed E-state index contributed by atoms with van der Waals surface area (Å²) in [4.78, 5) is 4.56. The summed E-state index contributed by atoms with van der Waals surface area (Å²) in [7, 11) is 2.93. The molecule has 0 fully saturated rings. The van der Waals surface area contributed by atoms with Gasteiger partial charge in [0, 0.05) is 11.1 Å². The van der Waals surface area contributed by atoms with Crippen molar-refractivity contribution in [2.24, 2.45) is 5.92 Å². The Hall–Kier alpha value is -2.84. The molecule has 0 N–H and O–H groups in total. The number of rotatable bonds is 14. The highest BCUT2D eigenvalue weighted by Gasteiger charge is 2.21. The second-order valence-electron chi connectivity index (χ2n) is 9.53. The van der Waals surface area contributed by atoms with Crippen LogP contribution in [-0.2, 0) is 17.8 Å². The molecule has 192 valence electrons. The van der Waals surface area contributed by atoms with Crippen LogP contribution in [0.5, 0.6) is 11.5 Å². The van der Waals surface area contributed by atoms with E-state index in [4.69, 9.17) is 14.2 Å². The predicted molar refractivity (Wildman–Crippen MR) is 151 cm³/mol. The van der Waals surface area contributed by atoms with Gasteiger partial charge in [-0.05, 0) is 61.6 Å². The Morgan fingerprint density at radius 2 is 1.56 bits per heavy atom. The van der Waals surface area contributed by atoms with Crippen LogP contribution in [0.4, 0.5) is 0 Å². The summed E-state index contributed by atoms with van der Waals surface area (Å²) in [5, 5.41) is 0.110. The molecule has 0 saturated carbocycles. The SMILES string of the molecule is C=C(OC(C)c1ccc(OCC(P)(CC)CC)cn1)C(C)Cc1ccc(OCc2ccccc2)cc1. The summed E-state index contributed by atoms with van der Waals surface area (Å²) in [5.74, 6) is 2.57. The van der Waals surface area contributed by atoms with Crippen molar-refractivity contribution < 1.29 is 14.2 Å². The van der Waals surface area contributed by atoms with Crippen molar-refractivity contribution in [1.29, 1.82) is 0 Å². The van der Waals surface area contributed by atoms with Crippen LogP contribution in [0.25, 0.3) is 0 Å². The molecule has 3 rings (SSSR count). The molecule has 3 aromatic rings. The fourth-order valence-electron chi connectivity index (χ4n) is 3.73. The molecule has 0 radical (unpaired) electrons. The van der Waals surface area contributed by atoms with E-state index in [0.29, 0.717) is 13.2 Å². The summed E-state index contributed by atoms with van der Waals surface area (Å²) in [6.45, 7) is 13.9. The second kappa shape index (κ2) is 13.5. The van der Waals surface area contributed by atoms with E-state index in [1.165, 1.54) is 5.56 Å². The smallest absolute Gasteiger partial charge is 0.137 e. The largest absolute Gasteiger partial charge is 0.491 e. The molecule has 1 heterocycles. The van der Waals surface area contributed by atoms with Gasteiger partial charge in [0.1, 0.15) is 24.2 Å². The minimum absolute atomic E-state index is 0.110. The van der Waals surface area contributed by atoms with E-state index < -0.39 is 0 Å². The third kappa shape index (κ3) is 8.38. The number of hydrogen-bond acceptors (Lipinski definition) is 4. The van der Waals surface area contributed by atoms with Crippen LogP contribution in [-0.4, -0.2) is 16.7 Å². The average Bonchev–Trinajstić information content (AvgIpc) is 2.92. The van der Waals surface area contributed by atoms with Crippen LogP contribution in [0, 0.1) is 5.92 Å². The van der Waals surface area contributed by atoms with E-state index in [1.807, 2.05) is 49.4 Å². The summed E-state index contributed by atoms with van der Waals surface area (Å²) in [6.07, 6.45) is 4.54. The van der Waals surface area contributed by atoms with Crippen molar-refractivity contribution in [1.82, 2.24) is 4.98 Å². The van der Waals surface area contributed by atoms with Crippen LogP contribution < -0.4 is 9.47 Å². The highest BCUT2D eigenvalue weighted by atomic mass is 31.0. The molecule has 0 bridgehead atoms. The van der Waals surface area contributed by atoms with Gasteiger partial charge in [0.15, 0.2) is 0 Å². The normalized spacial score (nSPS) is 13.0. The van der Waals surface area contributed by atoms with Gasteiger partial charge in [-0.2, -0.15) is 0 Å². The Kier molecular flexibility index (Phi) is 10.4. The van der Waals surface area contributed by atoms with E-state index in [0.717, 1.165) is 47.8 Å². The van der Waals surface area contributed by atoms with Crippen molar-refractivity contribution in [3.05, 3.63) is 102 Å². The average molecular weight is 506 g/mol. The Labute approximate surface area is 219 Å². The Morgan fingerprint density at radius 1 is 0.889 bits per heavy atom. The number of nitrogens with zero attached hydrogens (tertiary/aromatic N) is 1. The lowest BCUT2D eigenvalue weighted by Gasteiger charge is -2.26. The lowest BCUT2D eigenvalue weighted by molar-refractivity contribution is 0.107. The quantitative estimate of drug-likeness (QED) is 0.165. The standard InChI is InChI=1S/C31H40NO3P/c1-6-31(36,7-2)22-34-29-17-18-30(32-20-29)25(5)35-24(4)23(3)19-26-13-15-28(16-14-26)33-21-27-11-9-8-10-12-27/h8-18,20,23,25H,4,6-7,19,21-22,36H2,1-3,5H3. The summed E-state index contributed by atoms with van der Waals surface area (Å²) < 4.78 is 18.0. The van der Waals surface area contributed by atoms with Gasteiger partial charge in [-0.15, -0.1) is 9.24 Å². The Morgan fingerprint density at radius 3 is 2.17 bits per heavy atom. The first-order valence-electron chi connectivity index (χ1n) is 12.8. The first-order valence-corrected chi connectivity index (χ1v) is 13.4. The highest BCUT2D eigenvalue weighted by Crippen LogP contribution is 2.29. The van der Waals surface area contributed by atoms with Crippen LogP contribution in [0.15, 0.2) is 85.3 Å². The van der Waals surface area contributed by atoms with E-state index in [-0.39, 0.29) is 17.2 Å². The molecule has 0 aliphatic rings. The van der Waals surface area contributed by atoms with Gasteiger partial charge in [-0.25, -0.2) is 0 Å². The van der Waals surface area contributed by atoms with Gasteiger partial charge in [-0.1, -0.05) is 69.8 Å². The van der Waals surface area contributed by atoms with Crippen LogP contribution >= 0.6 is 9.24 Å². The number of benzene rings is 2. The predicted octanol–water partition coefficient (Wildman–Crippen LogP) is 7.94. The number of aromatic nitrogens is 1. The van der Waals surface area contributed by atoms with Crippen LogP contribution in [0.1, 0.15) is 63.5 Å². The highest BCUT2D eigenvalue weighted by molar-refractivity contribution is 7.19. The topological polar surface area (TPSA) is 40.6 Å². The first kappa shape index (κ1) is 27.7. The molecule has 0 saturated heterocycles. The van der Waals surface area contributed by atoms with E-state index in [2.05, 4.69) is 65.8 Å². The molecule has 3 atom stereocenters. The number of allylic oxidation sites excluding steroid dienone is 1. The van der Waals surface area contributed by atoms with Crippen LogP contribution in [0.2, 0.25) is 0 Å².